The summed E-state index contributed by atoms with van der Waals surface area (Å²) < 4.78 is 0. The number of hydrogen-bond acceptors (Lipinski definition) is 3. The number of thioether (sulfide) groups is 1. The molecule has 0 aromatic heterocycles. The molecule has 0 aromatic rings. The molecule has 0 heterocycles. The van der Waals surface area contributed by atoms with Crippen LogP contribution in [-0.4, -0.2) is 35.2 Å². The predicted octanol–water partition coefficient (Wildman–Crippen LogP) is 2.36. The van der Waals surface area contributed by atoms with E-state index in [9.17, 15) is 4.79 Å². The van der Waals surface area contributed by atoms with E-state index in [0.717, 1.165) is 37.9 Å². The first kappa shape index (κ1) is 13.8. The molecule has 1 fully saturated rings. The molecule has 1 aliphatic rings. The Kier molecular flexibility index (Phi) is 6.21. The topological polar surface area (TPSA) is 49.3 Å². The van der Waals surface area contributed by atoms with Crippen molar-refractivity contribution < 1.29 is 9.90 Å². The average Bonchev–Trinajstić information content (AvgIpc) is 2.29. The Morgan fingerprint density at radius 3 is 2.88 bits per heavy atom. The van der Waals surface area contributed by atoms with Crippen LogP contribution in [-0.2, 0) is 4.79 Å². The van der Waals surface area contributed by atoms with Crippen LogP contribution in [0.1, 0.15) is 39.0 Å². The second-order valence-electron chi connectivity index (χ2n) is 4.63. The molecule has 2 N–H and O–H groups in total. The van der Waals surface area contributed by atoms with Gasteiger partial charge in [-0.25, -0.2) is 0 Å². The van der Waals surface area contributed by atoms with Crippen molar-refractivity contribution in [3.05, 3.63) is 0 Å². The fourth-order valence-corrected chi connectivity index (χ4v) is 3.12. The van der Waals surface area contributed by atoms with E-state index in [2.05, 4.69) is 18.5 Å². The first-order valence-electron chi connectivity index (χ1n) is 6.15. The number of hydrogen-bond donors (Lipinski definition) is 2. The molecule has 0 saturated heterocycles. The highest BCUT2D eigenvalue weighted by molar-refractivity contribution is 7.98. The van der Waals surface area contributed by atoms with Crippen molar-refractivity contribution in [2.45, 2.75) is 51.1 Å². The molecule has 1 saturated carbocycles. The van der Waals surface area contributed by atoms with Crippen LogP contribution in [0.4, 0.5) is 0 Å². The molecule has 3 nitrogen and oxygen atoms in total. The Labute approximate surface area is 102 Å². The largest absolute Gasteiger partial charge is 0.481 e. The molecular formula is C12H23NO2S. The van der Waals surface area contributed by atoms with Crippen molar-refractivity contribution in [2.75, 3.05) is 12.0 Å². The fourth-order valence-electron chi connectivity index (χ4n) is 2.38. The lowest BCUT2D eigenvalue weighted by Gasteiger charge is -2.30. The summed E-state index contributed by atoms with van der Waals surface area (Å²) in [6, 6.07) is 0.944. The van der Waals surface area contributed by atoms with Crippen LogP contribution < -0.4 is 5.32 Å². The average molecular weight is 245 g/mol. The molecule has 0 aliphatic heterocycles. The quantitative estimate of drug-likeness (QED) is 0.754. The lowest BCUT2D eigenvalue weighted by atomic mass is 9.85. The smallest absolute Gasteiger partial charge is 0.306 e. The molecule has 16 heavy (non-hydrogen) atoms. The third-order valence-electron chi connectivity index (χ3n) is 3.36. The molecule has 3 unspecified atom stereocenters. The monoisotopic (exact) mass is 245 g/mol. The summed E-state index contributed by atoms with van der Waals surface area (Å²) in [6.07, 6.45) is 7.08. The van der Waals surface area contributed by atoms with Gasteiger partial charge in [-0.15, -0.1) is 0 Å². The van der Waals surface area contributed by atoms with Gasteiger partial charge in [0.2, 0.25) is 0 Å². The molecule has 0 bridgehead atoms. The lowest BCUT2D eigenvalue weighted by Crippen LogP contribution is -2.43. The number of carbonyl (C=O) groups is 1. The van der Waals surface area contributed by atoms with Gasteiger partial charge in [0, 0.05) is 17.8 Å². The Morgan fingerprint density at radius 2 is 2.31 bits per heavy atom. The van der Waals surface area contributed by atoms with Gasteiger partial charge in [0.25, 0.3) is 0 Å². The van der Waals surface area contributed by atoms with E-state index in [1.54, 1.807) is 0 Å². The molecule has 0 aromatic carbocycles. The van der Waals surface area contributed by atoms with Crippen LogP contribution in [0.3, 0.4) is 0 Å². The summed E-state index contributed by atoms with van der Waals surface area (Å²) in [5.41, 5.74) is 0. The first-order valence-corrected chi connectivity index (χ1v) is 7.54. The summed E-state index contributed by atoms with van der Waals surface area (Å²) in [4.78, 5) is 10.9. The number of aliphatic carboxylic acids is 1. The van der Waals surface area contributed by atoms with Gasteiger partial charge < -0.3 is 10.4 Å². The number of carboxylic acid groups (broad SMARTS) is 1. The van der Waals surface area contributed by atoms with Gasteiger partial charge in [0.1, 0.15) is 0 Å². The van der Waals surface area contributed by atoms with Crippen molar-refractivity contribution >= 4 is 17.7 Å². The van der Waals surface area contributed by atoms with E-state index in [1.165, 1.54) is 0 Å². The van der Waals surface area contributed by atoms with Crippen LogP contribution >= 0.6 is 11.8 Å². The molecule has 1 aliphatic carbocycles. The molecular weight excluding hydrogens is 222 g/mol. The Balaban J connectivity index is 2.38. The normalized spacial score (nSPS) is 27.6. The van der Waals surface area contributed by atoms with Gasteiger partial charge in [-0.3, -0.25) is 4.79 Å². The van der Waals surface area contributed by atoms with Crippen molar-refractivity contribution in [3.8, 4) is 0 Å². The summed E-state index contributed by atoms with van der Waals surface area (Å²) in [7, 11) is 0. The van der Waals surface area contributed by atoms with Crippen LogP contribution in [0, 0.1) is 5.92 Å². The maximum Gasteiger partial charge on any atom is 0.306 e. The van der Waals surface area contributed by atoms with E-state index >= 15 is 0 Å². The van der Waals surface area contributed by atoms with Crippen molar-refractivity contribution in [1.29, 1.82) is 0 Å². The Morgan fingerprint density at radius 1 is 1.56 bits per heavy atom. The van der Waals surface area contributed by atoms with Crippen LogP contribution in [0.15, 0.2) is 0 Å². The summed E-state index contributed by atoms with van der Waals surface area (Å²) in [6.45, 7) is 2.19. The number of nitrogens with one attached hydrogen (secondary N) is 1. The van der Waals surface area contributed by atoms with Crippen LogP contribution in [0.25, 0.3) is 0 Å². The zero-order valence-electron chi connectivity index (χ0n) is 10.2. The summed E-state index contributed by atoms with van der Waals surface area (Å²) in [5, 5.41) is 12.6. The van der Waals surface area contributed by atoms with Crippen molar-refractivity contribution in [3.63, 3.8) is 0 Å². The van der Waals surface area contributed by atoms with Gasteiger partial charge in [0.05, 0.1) is 5.92 Å². The van der Waals surface area contributed by atoms with E-state index in [4.69, 9.17) is 5.11 Å². The van der Waals surface area contributed by atoms with E-state index in [1.807, 2.05) is 11.8 Å². The molecule has 3 atom stereocenters. The Bertz CT molecular complexity index is 223. The molecule has 0 spiro atoms. The maximum absolute atomic E-state index is 10.9. The van der Waals surface area contributed by atoms with E-state index in [0.29, 0.717) is 12.1 Å². The van der Waals surface area contributed by atoms with Gasteiger partial charge in [0.15, 0.2) is 0 Å². The van der Waals surface area contributed by atoms with E-state index in [-0.39, 0.29) is 5.92 Å². The van der Waals surface area contributed by atoms with Crippen LogP contribution in [0.5, 0.6) is 0 Å². The number of rotatable bonds is 6. The van der Waals surface area contributed by atoms with E-state index < -0.39 is 5.97 Å². The maximum atomic E-state index is 10.9. The highest BCUT2D eigenvalue weighted by atomic mass is 32.2. The van der Waals surface area contributed by atoms with Gasteiger partial charge in [-0.1, -0.05) is 13.3 Å². The SMILES string of the molecule is CCC(CSC)NC1CCCC(C(=O)O)C1. The number of carboxylic acids is 1. The minimum Gasteiger partial charge on any atom is -0.481 e. The molecule has 1 rings (SSSR count). The zero-order valence-corrected chi connectivity index (χ0v) is 11.1. The standard InChI is InChI=1S/C12H23NO2S/c1-3-10(8-16-2)13-11-6-4-5-9(7-11)12(14)15/h9-11,13H,3-8H2,1-2H3,(H,14,15). The highest BCUT2D eigenvalue weighted by Gasteiger charge is 2.27. The zero-order chi connectivity index (χ0) is 12.0. The summed E-state index contributed by atoms with van der Waals surface area (Å²) >= 11 is 1.85. The summed E-state index contributed by atoms with van der Waals surface area (Å²) in [5.74, 6) is 0.368. The third kappa shape index (κ3) is 4.34. The van der Waals surface area contributed by atoms with Crippen LogP contribution in [0.2, 0.25) is 0 Å². The molecule has 94 valence electrons. The molecule has 0 amide bonds. The molecule has 0 radical (unpaired) electrons. The third-order valence-corrected chi connectivity index (χ3v) is 4.09. The van der Waals surface area contributed by atoms with Gasteiger partial charge in [-0.05, 0) is 31.9 Å². The van der Waals surface area contributed by atoms with Gasteiger partial charge >= 0.3 is 5.97 Å². The van der Waals surface area contributed by atoms with Crippen molar-refractivity contribution in [2.24, 2.45) is 5.92 Å². The lowest BCUT2D eigenvalue weighted by molar-refractivity contribution is -0.143. The second kappa shape index (κ2) is 7.17. The second-order valence-corrected chi connectivity index (χ2v) is 5.54. The predicted molar refractivity (Wildman–Crippen MR) is 69.0 cm³/mol. The highest BCUT2D eigenvalue weighted by Crippen LogP contribution is 2.25. The molecule has 4 heteroatoms. The minimum absolute atomic E-state index is 0.127. The fraction of sp³-hybridized carbons (Fsp3) is 0.917. The first-order chi connectivity index (χ1) is 7.67. The Hall–Kier alpha value is -0.220. The van der Waals surface area contributed by atoms with Crippen molar-refractivity contribution in [1.82, 2.24) is 5.32 Å². The van der Waals surface area contributed by atoms with Gasteiger partial charge in [-0.2, -0.15) is 11.8 Å². The minimum atomic E-state index is -0.621.